The van der Waals surface area contributed by atoms with Crippen LogP contribution in [0.3, 0.4) is 0 Å². The highest BCUT2D eigenvalue weighted by molar-refractivity contribution is 5.96. The number of likely N-dealkylation sites (N-methyl/N-ethyl adjacent to an activating group) is 1. The molecule has 5 heteroatoms. The lowest BCUT2D eigenvalue weighted by Crippen LogP contribution is -2.43. The van der Waals surface area contributed by atoms with Crippen molar-refractivity contribution in [3.63, 3.8) is 0 Å². The summed E-state index contributed by atoms with van der Waals surface area (Å²) in [6.07, 6.45) is 3.02. The number of aryl methyl sites for hydroxylation is 1. The highest BCUT2D eigenvalue weighted by Gasteiger charge is 2.33. The third-order valence-corrected chi connectivity index (χ3v) is 4.33. The molecule has 2 heterocycles. The van der Waals surface area contributed by atoms with Crippen LogP contribution in [0.15, 0.2) is 24.3 Å². The minimum atomic E-state index is 0. The topological polar surface area (TPSA) is 44.4 Å². The molecule has 2 aliphatic heterocycles. The Labute approximate surface area is 126 Å². The van der Waals surface area contributed by atoms with E-state index < -0.39 is 0 Å². The van der Waals surface area contributed by atoms with Gasteiger partial charge in [-0.3, -0.25) is 9.69 Å². The van der Waals surface area contributed by atoms with Gasteiger partial charge in [0, 0.05) is 24.8 Å². The van der Waals surface area contributed by atoms with Crippen molar-refractivity contribution in [2.75, 3.05) is 25.5 Å². The van der Waals surface area contributed by atoms with E-state index in [2.05, 4.69) is 21.6 Å². The van der Waals surface area contributed by atoms with Crippen LogP contribution in [0.2, 0.25) is 0 Å². The Hall–Kier alpha value is -1.10. The minimum Gasteiger partial charge on any atom is -0.324 e. The maximum absolute atomic E-state index is 12.4. The largest absolute Gasteiger partial charge is 0.324 e. The molecule has 3 rings (SSSR count). The quantitative estimate of drug-likeness (QED) is 0.872. The number of rotatable bonds is 2. The van der Waals surface area contributed by atoms with E-state index in [0.29, 0.717) is 6.04 Å². The number of nitrogens with zero attached hydrogens (tertiary/aromatic N) is 1. The summed E-state index contributed by atoms with van der Waals surface area (Å²) in [4.78, 5) is 14.7. The molecule has 110 valence electrons. The normalized spacial score (nSPS) is 26.4. The predicted molar refractivity (Wildman–Crippen MR) is 83.5 cm³/mol. The van der Waals surface area contributed by atoms with Crippen LogP contribution in [-0.4, -0.2) is 43.0 Å². The van der Waals surface area contributed by atoms with E-state index in [1.807, 2.05) is 25.2 Å². The van der Waals surface area contributed by atoms with Gasteiger partial charge in [0.2, 0.25) is 5.91 Å². The molecule has 2 unspecified atom stereocenters. The average Bonchev–Trinajstić information content (AvgIpc) is 2.83. The van der Waals surface area contributed by atoms with E-state index in [-0.39, 0.29) is 24.4 Å². The van der Waals surface area contributed by atoms with Gasteiger partial charge in [-0.1, -0.05) is 18.2 Å². The Morgan fingerprint density at radius 2 is 2.10 bits per heavy atom. The predicted octanol–water partition coefficient (Wildman–Crippen LogP) is 1.66. The number of hydrogen-bond donors (Lipinski definition) is 2. The van der Waals surface area contributed by atoms with Crippen LogP contribution in [0.4, 0.5) is 5.69 Å². The summed E-state index contributed by atoms with van der Waals surface area (Å²) in [5, 5.41) is 6.39. The van der Waals surface area contributed by atoms with Crippen molar-refractivity contribution in [1.29, 1.82) is 0 Å². The lowest BCUT2D eigenvalue weighted by atomic mass is 10.1. The van der Waals surface area contributed by atoms with Gasteiger partial charge in [0.05, 0.1) is 6.04 Å². The molecule has 2 aliphatic rings. The average molecular weight is 296 g/mol. The molecule has 1 aromatic carbocycles. The van der Waals surface area contributed by atoms with E-state index in [1.165, 1.54) is 5.56 Å². The first-order valence-corrected chi connectivity index (χ1v) is 7.08. The van der Waals surface area contributed by atoms with Gasteiger partial charge in [0.1, 0.15) is 0 Å². The summed E-state index contributed by atoms with van der Waals surface area (Å²) in [5.74, 6) is 0.154. The van der Waals surface area contributed by atoms with Gasteiger partial charge in [0.15, 0.2) is 0 Å². The number of amides is 1. The van der Waals surface area contributed by atoms with E-state index in [0.717, 1.165) is 38.0 Å². The number of likely N-dealkylation sites (tertiary alicyclic amines) is 1. The molecule has 0 saturated carbocycles. The molecule has 0 aromatic heterocycles. The van der Waals surface area contributed by atoms with Crippen molar-refractivity contribution in [1.82, 2.24) is 10.2 Å². The molecule has 0 aliphatic carbocycles. The molecule has 1 fully saturated rings. The van der Waals surface area contributed by atoms with E-state index in [9.17, 15) is 4.79 Å². The van der Waals surface area contributed by atoms with Crippen LogP contribution in [-0.2, 0) is 11.2 Å². The SMILES string of the molecule is CNC1CCN(C2CCc3ccccc3NC2=O)C1.Cl. The number of hydrogen-bond acceptors (Lipinski definition) is 3. The minimum absolute atomic E-state index is 0. The van der Waals surface area contributed by atoms with Gasteiger partial charge in [-0.2, -0.15) is 0 Å². The molecule has 0 spiro atoms. The first-order valence-electron chi connectivity index (χ1n) is 7.08. The van der Waals surface area contributed by atoms with E-state index in [1.54, 1.807) is 0 Å². The number of para-hydroxylation sites is 1. The molecule has 1 saturated heterocycles. The van der Waals surface area contributed by atoms with Gasteiger partial charge in [-0.15, -0.1) is 12.4 Å². The molecule has 0 radical (unpaired) electrons. The number of nitrogens with one attached hydrogen (secondary N) is 2. The number of benzene rings is 1. The van der Waals surface area contributed by atoms with Gasteiger partial charge in [0.25, 0.3) is 0 Å². The standard InChI is InChI=1S/C15H21N3O.ClH/c1-16-12-8-9-18(10-12)14-7-6-11-4-2-3-5-13(11)17-15(14)19;/h2-5,12,14,16H,6-10H2,1H3,(H,17,19);1H. The van der Waals surface area contributed by atoms with Crippen LogP contribution in [0.1, 0.15) is 18.4 Å². The van der Waals surface area contributed by atoms with Crippen LogP contribution < -0.4 is 10.6 Å². The van der Waals surface area contributed by atoms with Crippen LogP contribution in [0.25, 0.3) is 0 Å². The summed E-state index contributed by atoms with van der Waals surface area (Å²) in [6, 6.07) is 8.67. The molecule has 1 aromatic rings. The van der Waals surface area contributed by atoms with Crippen LogP contribution in [0, 0.1) is 0 Å². The summed E-state index contributed by atoms with van der Waals surface area (Å²) in [7, 11) is 2.00. The highest BCUT2D eigenvalue weighted by atomic mass is 35.5. The second kappa shape index (κ2) is 6.57. The first kappa shape index (κ1) is 15.3. The maximum atomic E-state index is 12.4. The number of fused-ring (bicyclic) bond motifs is 1. The number of halogens is 1. The van der Waals surface area contributed by atoms with Crippen molar-refractivity contribution in [2.24, 2.45) is 0 Å². The molecule has 0 bridgehead atoms. The summed E-state index contributed by atoms with van der Waals surface area (Å²) < 4.78 is 0. The Kier molecular flexibility index (Phi) is 5.02. The Balaban J connectivity index is 0.00000147. The highest BCUT2D eigenvalue weighted by Crippen LogP contribution is 2.25. The molecule has 20 heavy (non-hydrogen) atoms. The fourth-order valence-corrected chi connectivity index (χ4v) is 3.15. The van der Waals surface area contributed by atoms with Crippen molar-refractivity contribution in [3.8, 4) is 0 Å². The Bertz CT molecular complexity index is 480. The van der Waals surface area contributed by atoms with E-state index in [4.69, 9.17) is 0 Å². The fourth-order valence-electron chi connectivity index (χ4n) is 3.15. The summed E-state index contributed by atoms with van der Waals surface area (Å²) >= 11 is 0. The van der Waals surface area contributed by atoms with Gasteiger partial charge in [-0.05, 0) is 37.9 Å². The lowest BCUT2D eigenvalue weighted by Gasteiger charge is -2.25. The monoisotopic (exact) mass is 295 g/mol. The van der Waals surface area contributed by atoms with Crippen LogP contribution >= 0.6 is 12.4 Å². The molecule has 1 amide bonds. The maximum Gasteiger partial charge on any atom is 0.241 e. The first-order chi connectivity index (χ1) is 9.28. The third-order valence-electron chi connectivity index (χ3n) is 4.33. The zero-order chi connectivity index (χ0) is 13.2. The van der Waals surface area contributed by atoms with Gasteiger partial charge < -0.3 is 10.6 Å². The van der Waals surface area contributed by atoms with Gasteiger partial charge >= 0.3 is 0 Å². The molecule has 2 N–H and O–H groups in total. The van der Waals surface area contributed by atoms with Crippen molar-refractivity contribution in [2.45, 2.75) is 31.3 Å². The van der Waals surface area contributed by atoms with Gasteiger partial charge in [-0.25, -0.2) is 0 Å². The molecular weight excluding hydrogens is 274 g/mol. The second-order valence-electron chi connectivity index (χ2n) is 5.47. The molecule has 2 atom stereocenters. The second-order valence-corrected chi connectivity index (χ2v) is 5.47. The molecule has 4 nitrogen and oxygen atoms in total. The van der Waals surface area contributed by atoms with E-state index >= 15 is 0 Å². The number of anilines is 1. The summed E-state index contributed by atoms with van der Waals surface area (Å²) in [5.41, 5.74) is 2.24. The fraction of sp³-hybridized carbons (Fsp3) is 0.533. The zero-order valence-corrected chi connectivity index (χ0v) is 12.6. The lowest BCUT2D eigenvalue weighted by molar-refractivity contribution is -0.121. The Morgan fingerprint density at radius 3 is 2.85 bits per heavy atom. The Morgan fingerprint density at radius 1 is 1.30 bits per heavy atom. The summed E-state index contributed by atoms with van der Waals surface area (Å²) in [6.45, 7) is 1.99. The zero-order valence-electron chi connectivity index (χ0n) is 11.8. The van der Waals surface area contributed by atoms with Crippen molar-refractivity contribution in [3.05, 3.63) is 29.8 Å². The number of carbonyl (C=O) groups is 1. The third kappa shape index (κ3) is 2.97. The van der Waals surface area contributed by atoms with Crippen LogP contribution in [0.5, 0.6) is 0 Å². The molecular formula is C15H22ClN3O. The van der Waals surface area contributed by atoms with Crippen molar-refractivity contribution >= 4 is 24.0 Å². The smallest absolute Gasteiger partial charge is 0.241 e. The number of carbonyl (C=O) groups excluding carboxylic acids is 1. The van der Waals surface area contributed by atoms with Crippen molar-refractivity contribution < 1.29 is 4.79 Å².